The molecule has 142 valence electrons. The minimum Gasteiger partial charge on any atom is -0.493 e. The first kappa shape index (κ1) is 22.4. The van der Waals surface area contributed by atoms with E-state index in [9.17, 15) is 0 Å². The molecule has 0 aliphatic rings. The third-order valence-electron chi connectivity index (χ3n) is 3.56. The Bertz CT molecular complexity index is 726. The maximum absolute atomic E-state index is 6.00. The van der Waals surface area contributed by atoms with Crippen LogP contribution in [0.1, 0.15) is 18.1 Å². The average molecular weight is 490 g/mol. The molecule has 0 aromatic heterocycles. The molecule has 0 fully saturated rings. The molecule has 0 radical (unpaired) electrons. The highest BCUT2D eigenvalue weighted by Crippen LogP contribution is 2.27. The lowest BCUT2D eigenvalue weighted by Crippen LogP contribution is -2.36. The predicted octanol–water partition coefficient (Wildman–Crippen LogP) is 4.23. The van der Waals surface area contributed by atoms with Gasteiger partial charge in [0.2, 0.25) is 0 Å². The van der Waals surface area contributed by atoms with Gasteiger partial charge in [-0.15, -0.1) is 24.0 Å². The molecule has 26 heavy (non-hydrogen) atoms. The van der Waals surface area contributed by atoms with Gasteiger partial charge >= 0.3 is 0 Å². The largest absolute Gasteiger partial charge is 0.493 e. The fraction of sp³-hybridized carbons (Fsp3) is 0.316. The molecule has 2 N–H and O–H groups in total. The van der Waals surface area contributed by atoms with Crippen LogP contribution in [0.5, 0.6) is 11.5 Å². The smallest absolute Gasteiger partial charge is 0.191 e. The molecule has 0 aliphatic carbocycles. The molecule has 2 aromatic rings. The van der Waals surface area contributed by atoms with E-state index in [1.165, 1.54) is 0 Å². The summed E-state index contributed by atoms with van der Waals surface area (Å²) in [6.07, 6.45) is 0. The number of nitrogens with zero attached hydrogens (tertiary/aromatic N) is 1. The number of aliphatic imine (C=N–C) groups is 1. The van der Waals surface area contributed by atoms with Crippen LogP contribution in [0.2, 0.25) is 5.02 Å². The highest BCUT2D eigenvalue weighted by Gasteiger charge is 2.06. The van der Waals surface area contributed by atoms with Crippen LogP contribution in [0, 0.1) is 0 Å². The van der Waals surface area contributed by atoms with Crippen molar-refractivity contribution in [3.8, 4) is 11.5 Å². The Kier molecular flexibility index (Phi) is 10.2. The minimum atomic E-state index is 0. The van der Waals surface area contributed by atoms with Crippen molar-refractivity contribution in [1.82, 2.24) is 10.6 Å². The van der Waals surface area contributed by atoms with Crippen molar-refractivity contribution in [3.63, 3.8) is 0 Å². The van der Waals surface area contributed by atoms with E-state index < -0.39 is 0 Å². The van der Waals surface area contributed by atoms with E-state index in [0.29, 0.717) is 25.7 Å². The zero-order valence-corrected chi connectivity index (χ0v) is 18.3. The van der Waals surface area contributed by atoms with Crippen molar-refractivity contribution < 1.29 is 9.47 Å². The van der Waals surface area contributed by atoms with Gasteiger partial charge in [-0.1, -0.05) is 29.8 Å². The maximum Gasteiger partial charge on any atom is 0.191 e. The second kappa shape index (κ2) is 11.9. The van der Waals surface area contributed by atoms with Crippen molar-refractivity contribution in [2.24, 2.45) is 4.99 Å². The van der Waals surface area contributed by atoms with Crippen LogP contribution in [0.15, 0.2) is 47.5 Å². The van der Waals surface area contributed by atoms with Crippen molar-refractivity contribution in [2.45, 2.75) is 20.0 Å². The lowest BCUT2D eigenvalue weighted by molar-refractivity contribution is 0.310. The van der Waals surface area contributed by atoms with E-state index in [1.807, 2.05) is 49.4 Å². The first-order valence-electron chi connectivity index (χ1n) is 8.15. The van der Waals surface area contributed by atoms with Crippen LogP contribution in [0.25, 0.3) is 0 Å². The van der Waals surface area contributed by atoms with Gasteiger partial charge in [0.1, 0.15) is 0 Å². The fourth-order valence-corrected chi connectivity index (χ4v) is 2.55. The number of hydrogen-bond acceptors (Lipinski definition) is 3. The van der Waals surface area contributed by atoms with E-state index in [2.05, 4.69) is 15.6 Å². The van der Waals surface area contributed by atoms with Gasteiger partial charge in [0.15, 0.2) is 17.5 Å². The van der Waals surface area contributed by atoms with Gasteiger partial charge in [0, 0.05) is 25.2 Å². The summed E-state index contributed by atoms with van der Waals surface area (Å²) in [6, 6.07) is 13.6. The molecule has 5 nitrogen and oxygen atoms in total. The summed E-state index contributed by atoms with van der Waals surface area (Å²) in [7, 11) is 3.38. The van der Waals surface area contributed by atoms with E-state index in [-0.39, 0.29) is 24.0 Å². The Morgan fingerprint density at radius 2 is 1.73 bits per heavy atom. The molecule has 0 unspecified atom stereocenters. The van der Waals surface area contributed by atoms with Crippen LogP contribution < -0.4 is 20.1 Å². The van der Waals surface area contributed by atoms with Gasteiger partial charge in [-0.2, -0.15) is 0 Å². The Morgan fingerprint density at radius 3 is 2.31 bits per heavy atom. The molecule has 0 saturated carbocycles. The van der Waals surface area contributed by atoms with Crippen molar-refractivity contribution in [2.75, 3.05) is 20.8 Å². The molecule has 2 aromatic carbocycles. The summed E-state index contributed by atoms with van der Waals surface area (Å²) in [5, 5.41) is 7.28. The van der Waals surface area contributed by atoms with Crippen molar-refractivity contribution >= 4 is 41.5 Å². The van der Waals surface area contributed by atoms with Gasteiger partial charge < -0.3 is 20.1 Å². The number of rotatable bonds is 7. The number of hydrogen-bond donors (Lipinski definition) is 2. The summed E-state index contributed by atoms with van der Waals surface area (Å²) in [6.45, 7) is 3.82. The summed E-state index contributed by atoms with van der Waals surface area (Å²) in [5.74, 6) is 2.19. The van der Waals surface area contributed by atoms with Crippen LogP contribution in [0.4, 0.5) is 0 Å². The molecule has 0 bridgehead atoms. The third kappa shape index (κ3) is 6.92. The molecule has 0 saturated heterocycles. The number of ether oxygens (including phenoxy) is 2. The van der Waals surface area contributed by atoms with Gasteiger partial charge in [-0.05, 0) is 42.3 Å². The van der Waals surface area contributed by atoms with Crippen molar-refractivity contribution in [3.05, 3.63) is 58.6 Å². The SMILES string of the molecule is CCOc1ccc(CNC(=NC)NCc2cccc(Cl)c2)cc1OC.I. The van der Waals surface area contributed by atoms with Gasteiger partial charge in [-0.25, -0.2) is 0 Å². The number of guanidine groups is 1. The Hall–Kier alpha value is -1.67. The Morgan fingerprint density at radius 1 is 1.04 bits per heavy atom. The third-order valence-corrected chi connectivity index (χ3v) is 3.80. The maximum atomic E-state index is 6.00. The normalized spacial score (nSPS) is 10.7. The summed E-state index contributed by atoms with van der Waals surface area (Å²) < 4.78 is 10.9. The molecular formula is C19H25ClIN3O2. The number of methoxy groups -OCH3 is 1. The summed E-state index contributed by atoms with van der Waals surface area (Å²) >= 11 is 6.00. The van der Waals surface area contributed by atoms with E-state index in [1.54, 1.807) is 14.2 Å². The van der Waals surface area contributed by atoms with Crippen LogP contribution in [-0.2, 0) is 13.1 Å². The number of benzene rings is 2. The quantitative estimate of drug-likeness (QED) is 0.347. The minimum absolute atomic E-state index is 0. The van der Waals surface area contributed by atoms with E-state index >= 15 is 0 Å². The molecular weight excluding hydrogens is 465 g/mol. The first-order valence-corrected chi connectivity index (χ1v) is 8.52. The molecule has 0 spiro atoms. The first-order chi connectivity index (χ1) is 12.2. The second-order valence-corrected chi connectivity index (χ2v) is 5.76. The van der Waals surface area contributed by atoms with Gasteiger partial charge in [0.05, 0.1) is 13.7 Å². The average Bonchev–Trinajstić information content (AvgIpc) is 2.63. The van der Waals surface area contributed by atoms with Crippen LogP contribution in [-0.4, -0.2) is 26.7 Å². The molecule has 0 aliphatic heterocycles. The molecule has 2 rings (SSSR count). The van der Waals surface area contributed by atoms with Gasteiger partial charge in [-0.3, -0.25) is 4.99 Å². The standard InChI is InChI=1S/C19H24ClN3O2.HI/c1-4-25-17-9-8-15(11-18(17)24-3)13-23-19(21-2)22-12-14-6-5-7-16(20)10-14;/h5-11H,4,12-13H2,1-3H3,(H2,21,22,23);1H. The van der Waals surface area contributed by atoms with Crippen LogP contribution >= 0.6 is 35.6 Å². The van der Waals surface area contributed by atoms with Gasteiger partial charge in [0.25, 0.3) is 0 Å². The predicted molar refractivity (Wildman–Crippen MR) is 118 cm³/mol. The van der Waals surface area contributed by atoms with E-state index in [4.69, 9.17) is 21.1 Å². The Balaban J connectivity index is 0.00000338. The lowest BCUT2D eigenvalue weighted by atomic mass is 10.2. The molecule has 0 atom stereocenters. The molecule has 7 heteroatoms. The van der Waals surface area contributed by atoms with Crippen molar-refractivity contribution in [1.29, 1.82) is 0 Å². The lowest BCUT2D eigenvalue weighted by Gasteiger charge is -2.14. The highest BCUT2D eigenvalue weighted by molar-refractivity contribution is 14.0. The zero-order chi connectivity index (χ0) is 18.1. The number of nitrogens with one attached hydrogen (secondary N) is 2. The number of halogens is 2. The van der Waals surface area contributed by atoms with E-state index in [0.717, 1.165) is 27.6 Å². The fourth-order valence-electron chi connectivity index (χ4n) is 2.34. The second-order valence-electron chi connectivity index (χ2n) is 5.33. The monoisotopic (exact) mass is 489 g/mol. The molecule has 0 heterocycles. The summed E-state index contributed by atoms with van der Waals surface area (Å²) in [4.78, 5) is 4.24. The van der Waals surface area contributed by atoms with Crippen LogP contribution in [0.3, 0.4) is 0 Å². The zero-order valence-electron chi connectivity index (χ0n) is 15.2. The Labute approximate surface area is 177 Å². The highest BCUT2D eigenvalue weighted by atomic mass is 127. The molecule has 0 amide bonds. The summed E-state index contributed by atoms with van der Waals surface area (Å²) in [5.41, 5.74) is 2.17. The topological polar surface area (TPSA) is 54.9 Å².